The van der Waals surface area contributed by atoms with Gasteiger partial charge in [0.25, 0.3) is 0 Å². The summed E-state index contributed by atoms with van der Waals surface area (Å²) in [5.41, 5.74) is 0.0327. The quantitative estimate of drug-likeness (QED) is 0.267. The fourth-order valence-electron chi connectivity index (χ4n) is 4.76. The lowest BCUT2D eigenvalue weighted by Crippen LogP contribution is -2.45. The zero-order valence-electron chi connectivity index (χ0n) is 20.1. The Balaban J connectivity index is 1.37. The maximum atomic E-state index is 15.6. The van der Waals surface area contributed by atoms with Crippen LogP contribution >= 0.6 is 35.0 Å². The molecule has 5 nitrogen and oxygen atoms in total. The van der Waals surface area contributed by atoms with Gasteiger partial charge in [-0.3, -0.25) is 9.78 Å². The van der Waals surface area contributed by atoms with Gasteiger partial charge in [-0.05, 0) is 81.2 Å². The van der Waals surface area contributed by atoms with Crippen molar-refractivity contribution in [1.82, 2.24) is 9.88 Å². The van der Waals surface area contributed by atoms with Crippen LogP contribution in [-0.2, 0) is 4.79 Å². The molecule has 1 atom stereocenters. The fourth-order valence-corrected chi connectivity index (χ4v) is 6.07. The Labute approximate surface area is 224 Å². The van der Waals surface area contributed by atoms with Crippen molar-refractivity contribution in [2.45, 2.75) is 36.8 Å². The summed E-state index contributed by atoms with van der Waals surface area (Å²) in [5, 5.41) is 11.6. The van der Waals surface area contributed by atoms with Gasteiger partial charge in [-0.25, -0.2) is 4.39 Å². The second kappa shape index (κ2) is 12.0. The number of aliphatic carboxylic acids is 1. The van der Waals surface area contributed by atoms with Crippen molar-refractivity contribution in [1.29, 1.82) is 0 Å². The van der Waals surface area contributed by atoms with Crippen LogP contribution in [0, 0.1) is 5.41 Å². The molecule has 1 aromatic heterocycles. The number of aromatic nitrogens is 1. The number of rotatable bonds is 10. The molecule has 1 fully saturated rings. The normalized spacial score (nSPS) is 16.7. The third kappa shape index (κ3) is 6.25. The van der Waals surface area contributed by atoms with Gasteiger partial charge in [0.1, 0.15) is 11.9 Å². The molecule has 0 bridgehead atoms. The number of methoxy groups -OCH3 is 1. The van der Waals surface area contributed by atoms with Crippen molar-refractivity contribution in [3.05, 3.63) is 64.3 Å². The number of ether oxygens (including phenoxy) is 1. The molecule has 1 aliphatic rings. The van der Waals surface area contributed by atoms with Crippen molar-refractivity contribution in [3.8, 4) is 5.75 Å². The number of likely N-dealkylation sites (tertiary alicyclic amines) is 1. The van der Waals surface area contributed by atoms with E-state index in [9.17, 15) is 9.90 Å². The van der Waals surface area contributed by atoms with Crippen LogP contribution in [0.4, 0.5) is 4.39 Å². The molecular formula is C27H29Cl2FN2O3S. The minimum Gasteiger partial charge on any atom is -0.497 e. The summed E-state index contributed by atoms with van der Waals surface area (Å²) in [5.74, 6) is 0.645. The maximum Gasteiger partial charge on any atom is 0.309 e. The lowest BCUT2D eigenvalue weighted by atomic mass is 9.74. The second-order valence-electron chi connectivity index (χ2n) is 9.14. The van der Waals surface area contributed by atoms with E-state index in [-0.39, 0.29) is 17.9 Å². The molecule has 9 heteroatoms. The van der Waals surface area contributed by atoms with Crippen LogP contribution in [0.25, 0.3) is 10.9 Å². The molecule has 0 saturated carbocycles. The number of carboxylic acid groups (broad SMARTS) is 1. The van der Waals surface area contributed by atoms with Crippen LogP contribution in [0.15, 0.2) is 53.6 Å². The van der Waals surface area contributed by atoms with Crippen LogP contribution in [0.1, 0.15) is 37.4 Å². The Morgan fingerprint density at radius 1 is 1.22 bits per heavy atom. The van der Waals surface area contributed by atoms with E-state index in [2.05, 4.69) is 9.88 Å². The number of halogens is 3. The fraction of sp³-hybridized carbons (Fsp3) is 0.407. The summed E-state index contributed by atoms with van der Waals surface area (Å²) in [6.07, 6.45) is 1.38. The number of hydrogen-bond donors (Lipinski definition) is 1. The number of alkyl halides is 1. The van der Waals surface area contributed by atoms with Crippen molar-refractivity contribution in [2.24, 2.45) is 5.41 Å². The van der Waals surface area contributed by atoms with Crippen molar-refractivity contribution in [3.63, 3.8) is 0 Å². The number of fused-ring (bicyclic) bond motifs is 1. The Hall–Kier alpha value is -2.06. The highest BCUT2D eigenvalue weighted by atomic mass is 35.5. The second-order valence-corrected chi connectivity index (χ2v) is 11.2. The number of thioether (sulfide) groups is 1. The van der Waals surface area contributed by atoms with Crippen LogP contribution in [-0.4, -0.2) is 53.5 Å². The zero-order valence-corrected chi connectivity index (χ0v) is 22.4. The van der Waals surface area contributed by atoms with E-state index in [1.54, 1.807) is 37.1 Å². The highest BCUT2D eigenvalue weighted by molar-refractivity contribution is 7.99. The predicted molar refractivity (Wildman–Crippen MR) is 144 cm³/mol. The summed E-state index contributed by atoms with van der Waals surface area (Å²) < 4.78 is 20.9. The first kappa shape index (κ1) is 27.0. The third-order valence-corrected chi connectivity index (χ3v) is 8.56. The molecule has 0 aliphatic carbocycles. The number of carbonyl (C=O) groups is 1. The number of piperidine rings is 1. The number of carboxylic acids is 1. The molecule has 0 spiro atoms. The number of hydrogen-bond acceptors (Lipinski definition) is 5. The molecule has 1 N–H and O–H groups in total. The van der Waals surface area contributed by atoms with Crippen LogP contribution in [0.5, 0.6) is 5.75 Å². The van der Waals surface area contributed by atoms with Gasteiger partial charge < -0.3 is 14.7 Å². The van der Waals surface area contributed by atoms with E-state index in [4.69, 9.17) is 27.9 Å². The lowest BCUT2D eigenvalue weighted by Gasteiger charge is -2.39. The Morgan fingerprint density at radius 2 is 1.94 bits per heavy atom. The zero-order chi connectivity index (χ0) is 25.7. The average Bonchev–Trinajstić information content (AvgIpc) is 2.88. The van der Waals surface area contributed by atoms with E-state index in [0.29, 0.717) is 48.1 Å². The molecule has 1 aliphatic heterocycles. The van der Waals surface area contributed by atoms with Crippen molar-refractivity contribution >= 4 is 51.8 Å². The Morgan fingerprint density at radius 3 is 2.61 bits per heavy atom. The molecule has 2 heterocycles. The largest absolute Gasteiger partial charge is 0.497 e. The van der Waals surface area contributed by atoms with Gasteiger partial charge >= 0.3 is 5.97 Å². The van der Waals surface area contributed by atoms with E-state index in [1.165, 1.54) is 6.20 Å². The molecule has 3 aromatic rings. The van der Waals surface area contributed by atoms with Crippen molar-refractivity contribution < 1.29 is 19.0 Å². The smallest absolute Gasteiger partial charge is 0.309 e. The summed E-state index contributed by atoms with van der Waals surface area (Å²) in [6.45, 7) is 2.23. The standard InChI is InChI=1S/C27H29Cl2FN2O3S/c1-35-19-4-7-24-21(16-19)25(22(29)17-31-24)23(30)8-9-27(26(33)34)10-12-32(13-11-27)14-15-36-20-5-2-18(28)3-6-20/h2-7,16-17,23H,8-15H2,1H3,(H,33,34). The van der Waals surface area contributed by atoms with Gasteiger partial charge in [0.15, 0.2) is 0 Å². The number of nitrogens with zero attached hydrogens (tertiary/aromatic N) is 2. The van der Waals surface area contributed by atoms with Crippen LogP contribution < -0.4 is 4.74 Å². The molecular weight excluding hydrogens is 522 g/mol. The third-order valence-electron chi connectivity index (χ3n) is 7.01. The van der Waals surface area contributed by atoms with Gasteiger partial charge in [-0.2, -0.15) is 0 Å². The molecule has 0 amide bonds. The minimum atomic E-state index is -1.40. The average molecular weight is 552 g/mol. The summed E-state index contributed by atoms with van der Waals surface area (Å²) in [6, 6.07) is 13.0. The van der Waals surface area contributed by atoms with Gasteiger partial charge in [0.2, 0.25) is 0 Å². The number of pyridine rings is 1. The summed E-state index contributed by atoms with van der Waals surface area (Å²) >= 11 is 14.1. The van der Waals surface area contributed by atoms with Gasteiger partial charge in [0.05, 0.1) is 23.1 Å². The minimum absolute atomic E-state index is 0.0781. The van der Waals surface area contributed by atoms with E-state index in [0.717, 1.165) is 22.2 Å². The van der Waals surface area contributed by atoms with Crippen LogP contribution in [0.2, 0.25) is 10.0 Å². The lowest BCUT2D eigenvalue weighted by molar-refractivity contribution is -0.153. The van der Waals surface area contributed by atoms with Crippen molar-refractivity contribution in [2.75, 3.05) is 32.5 Å². The topological polar surface area (TPSA) is 62.7 Å². The predicted octanol–water partition coefficient (Wildman–Crippen LogP) is 7.30. The van der Waals surface area contributed by atoms with Gasteiger partial charge in [-0.1, -0.05) is 23.2 Å². The molecule has 0 radical (unpaired) electrons. The van der Waals surface area contributed by atoms with Gasteiger partial charge in [-0.15, -0.1) is 11.8 Å². The first-order valence-corrected chi connectivity index (χ1v) is 13.7. The Kier molecular flexibility index (Phi) is 8.99. The summed E-state index contributed by atoms with van der Waals surface area (Å²) in [7, 11) is 1.55. The van der Waals surface area contributed by atoms with E-state index in [1.807, 2.05) is 24.3 Å². The molecule has 1 unspecified atom stereocenters. The molecule has 192 valence electrons. The van der Waals surface area contributed by atoms with E-state index >= 15 is 4.39 Å². The Bertz CT molecular complexity index is 1200. The molecule has 4 rings (SSSR count). The molecule has 2 aromatic carbocycles. The van der Waals surface area contributed by atoms with Crippen LogP contribution in [0.3, 0.4) is 0 Å². The SMILES string of the molecule is COc1ccc2ncc(Cl)c(C(F)CCC3(C(=O)O)CCN(CCSc4ccc(Cl)cc4)CC3)c2c1. The molecule has 36 heavy (non-hydrogen) atoms. The first-order valence-electron chi connectivity index (χ1n) is 11.9. The van der Waals surface area contributed by atoms with E-state index < -0.39 is 17.6 Å². The first-order chi connectivity index (χ1) is 17.3. The summed E-state index contributed by atoms with van der Waals surface area (Å²) in [4.78, 5) is 20.0. The number of benzene rings is 2. The highest BCUT2D eigenvalue weighted by Gasteiger charge is 2.41. The monoisotopic (exact) mass is 550 g/mol. The highest BCUT2D eigenvalue weighted by Crippen LogP contribution is 2.42. The maximum absolute atomic E-state index is 15.6. The van der Waals surface area contributed by atoms with Gasteiger partial charge in [0, 0.05) is 39.4 Å². The molecule has 1 saturated heterocycles.